The molecule has 2 rings (SSSR count). The average molecular weight is 353 g/mol. The van der Waals surface area contributed by atoms with E-state index in [2.05, 4.69) is 4.98 Å². The van der Waals surface area contributed by atoms with Crippen molar-refractivity contribution in [1.82, 2.24) is 4.98 Å². The van der Waals surface area contributed by atoms with E-state index in [1.165, 1.54) is 0 Å². The van der Waals surface area contributed by atoms with Gasteiger partial charge < -0.3 is 20.1 Å². The minimum absolute atomic E-state index is 0.0360. The van der Waals surface area contributed by atoms with Crippen molar-refractivity contribution < 1.29 is 29.3 Å². The van der Waals surface area contributed by atoms with Crippen molar-refractivity contribution in [3.8, 4) is 0 Å². The van der Waals surface area contributed by atoms with Crippen LogP contribution in [0.5, 0.6) is 0 Å². The minimum Gasteiger partial charge on any atom is -0.481 e. The summed E-state index contributed by atoms with van der Waals surface area (Å²) in [4.78, 5) is 34.9. The van der Waals surface area contributed by atoms with Crippen LogP contribution in [0, 0.1) is 5.92 Å². The Morgan fingerprint density at radius 2 is 1.92 bits per heavy atom. The van der Waals surface area contributed by atoms with Gasteiger partial charge in [0.05, 0.1) is 5.92 Å². The number of aliphatic carboxylic acids is 2. The fourth-order valence-corrected chi connectivity index (χ4v) is 4.46. The van der Waals surface area contributed by atoms with Crippen LogP contribution in [-0.4, -0.2) is 44.4 Å². The van der Waals surface area contributed by atoms with Crippen molar-refractivity contribution in [3.05, 3.63) is 36.0 Å². The number of fused-ring (bicyclic) bond motifs is 1. The molecule has 0 saturated carbocycles. The highest BCUT2D eigenvalue weighted by Crippen LogP contribution is 2.44. The molecule has 0 aliphatic rings. The SMILES string of the molecule is O=C(O)CCC(CP(=O)(O)CCc1c[nH]c2ccccc12)C(=O)O. The number of aromatic amines is 1. The standard InChI is InChI=1S/C16H20NO6P/c18-15(19)6-5-12(16(20)21)10-24(22,23)8-7-11-9-17-14-4-2-1-3-13(11)14/h1-4,9,12,17H,5-8,10H2,(H,18,19)(H,20,21)(H,22,23). The summed E-state index contributed by atoms with van der Waals surface area (Å²) in [6, 6.07) is 7.59. The first-order valence-corrected chi connectivity index (χ1v) is 9.62. The molecular weight excluding hydrogens is 333 g/mol. The zero-order valence-electron chi connectivity index (χ0n) is 13.0. The largest absolute Gasteiger partial charge is 0.481 e. The first-order chi connectivity index (χ1) is 11.3. The zero-order valence-corrected chi connectivity index (χ0v) is 13.9. The number of rotatable bonds is 9. The molecular formula is C16H20NO6P. The van der Waals surface area contributed by atoms with Crippen molar-refractivity contribution in [3.63, 3.8) is 0 Å². The molecule has 0 spiro atoms. The van der Waals surface area contributed by atoms with Crippen LogP contribution < -0.4 is 0 Å². The van der Waals surface area contributed by atoms with E-state index >= 15 is 0 Å². The second-order valence-corrected chi connectivity index (χ2v) is 8.33. The topological polar surface area (TPSA) is 128 Å². The van der Waals surface area contributed by atoms with Gasteiger partial charge in [0.1, 0.15) is 0 Å². The number of hydrogen-bond acceptors (Lipinski definition) is 3. The molecule has 24 heavy (non-hydrogen) atoms. The summed E-state index contributed by atoms with van der Waals surface area (Å²) < 4.78 is 12.3. The highest BCUT2D eigenvalue weighted by molar-refractivity contribution is 7.58. The third-order valence-electron chi connectivity index (χ3n) is 3.97. The molecule has 0 amide bonds. The number of carboxylic acids is 2. The first kappa shape index (κ1) is 18.2. The molecule has 7 nitrogen and oxygen atoms in total. The van der Waals surface area contributed by atoms with Crippen molar-refractivity contribution in [2.45, 2.75) is 19.3 Å². The number of H-pyrrole nitrogens is 1. The number of benzene rings is 1. The van der Waals surface area contributed by atoms with Crippen LogP contribution in [0.15, 0.2) is 30.5 Å². The molecule has 0 fully saturated rings. The maximum atomic E-state index is 12.3. The third-order valence-corrected chi connectivity index (χ3v) is 5.90. The van der Waals surface area contributed by atoms with Gasteiger partial charge in [-0.05, 0) is 24.5 Å². The maximum absolute atomic E-state index is 12.3. The van der Waals surface area contributed by atoms with Gasteiger partial charge in [0, 0.05) is 35.8 Å². The Hall–Kier alpha value is -2.11. The molecule has 2 aromatic rings. The Balaban J connectivity index is 2.00. The van der Waals surface area contributed by atoms with Crippen molar-refractivity contribution in [1.29, 1.82) is 0 Å². The van der Waals surface area contributed by atoms with Gasteiger partial charge in [0.15, 0.2) is 0 Å². The summed E-state index contributed by atoms with van der Waals surface area (Å²) in [5.41, 5.74) is 1.84. The van der Waals surface area contributed by atoms with Gasteiger partial charge in [-0.1, -0.05) is 18.2 Å². The zero-order chi connectivity index (χ0) is 17.7. The molecule has 0 radical (unpaired) electrons. The lowest BCUT2D eigenvalue weighted by Gasteiger charge is -2.16. The number of carboxylic acid groups (broad SMARTS) is 2. The molecule has 2 unspecified atom stereocenters. The molecule has 2 atom stereocenters. The molecule has 1 aromatic carbocycles. The van der Waals surface area contributed by atoms with Crippen LogP contribution in [0.25, 0.3) is 10.9 Å². The molecule has 4 N–H and O–H groups in total. The lowest BCUT2D eigenvalue weighted by molar-refractivity contribution is -0.142. The highest BCUT2D eigenvalue weighted by atomic mass is 31.2. The number of hydrogen-bond donors (Lipinski definition) is 4. The van der Waals surface area contributed by atoms with Crippen LogP contribution in [0.1, 0.15) is 18.4 Å². The Bertz CT molecular complexity index is 784. The van der Waals surface area contributed by atoms with Gasteiger partial charge in [-0.2, -0.15) is 0 Å². The average Bonchev–Trinajstić information content (AvgIpc) is 2.92. The summed E-state index contributed by atoms with van der Waals surface area (Å²) in [7, 11) is -3.67. The lowest BCUT2D eigenvalue weighted by atomic mass is 10.1. The van der Waals surface area contributed by atoms with Crippen LogP contribution in [0.2, 0.25) is 0 Å². The van der Waals surface area contributed by atoms with E-state index in [9.17, 15) is 19.0 Å². The van der Waals surface area contributed by atoms with Gasteiger partial charge in [-0.3, -0.25) is 14.2 Å². The van der Waals surface area contributed by atoms with Crippen molar-refractivity contribution in [2.75, 3.05) is 12.3 Å². The highest BCUT2D eigenvalue weighted by Gasteiger charge is 2.29. The van der Waals surface area contributed by atoms with Crippen LogP contribution >= 0.6 is 7.37 Å². The number of carbonyl (C=O) groups is 2. The van der Waals surface area contributed by atoms with Crippen molar-refractivity contribution >= 4 is 30.2 Å². The number of aromatic nitrogens is 1. The quantitative estimate of drug-likeness (QED) is 0.513. The summed E-state index contributed by atoms with van der Waals surface area (Å²) in [6.07, 6.45) is 1.21. The Labute approximate surface area is 138 Å². The van der Waals surface area contributed by atoms with Gasteiger partial charge in [-0.25, -0.2) is 0 Å². The van der Waals surface area contributed by atoms with E-state index < -0.39 is 31.4 Å². The maximum Gasteiger partial charge on any atom is 0.307 e. The third kappa shape index (κ3) is 4.94. The van der Waals surface area contributed by atoms with E-state index in [-0.39, 0.29) is 19.0 Å². The Morgan fingerprint density at radius 3 is 2.58 bits per heavy atom. The van der Waals surface area contributed by atoms with E-state index in [0.717, 1.165) is 16.5 Å². The van der Waals surface area contributed by atoms with Gasteiger partial charge in [-0.15, -0.1) is 0 Å². The molecule has 0 saturated heterocycles. The summed E-state index contributed by atoms with van der Waals surface area (Å²) in [6.45, 7) is 0. The van der Waals surface area contributed by atoms with E-state index in [0.29, 0.717) is 6.42 Å². The molecule has 0 bridgehead atoms. The molecule has 1 aromatic heterocycles. The van der Waals surface area contributed by atoms with E-state index in [1.54, 1.807) is 6.20 Å². The van der Waals surface area contributed by atoms with Gasteiger partial charge >= 0.3 is 11.9 Å². The van der Waals surface area contributed by atoms with E-state index in [1.807, 2.05) is 24.3 Å². The van der Waals surface area contributed by atoms with Gasteiger partial charge in [0.25, 0.3) is 0 Å². The normalized spacial score (nSPS) is 15.0. The van der Waals surface area contributed by atoms with Gasteiger partial charge in [0.2, 0.25) is 7.37 Å². The first-order valence-electron chi connectivity index (χ1n) is 7.59. The second kappa shape index (κ2) is 7.64. The van der Waals surface area contributed by atoms with Crippen molar-refractivity contribution in [2.24, 2.45) is 5.92 Å². The summed E-state index contributed by atoms with van der Waals surface area (Å²) >= 11 is 0. The summed E-state index contributed by atoms with van der Waals surface area (Å²) in [5.74, 6) is -3.48. The monoisotopic (exact) mass is 353 g/mol. The number of para-hydroxylation sites is 1. The Kier molecular flexibility index (Phi) is 5.80. The second-order valence-electron chi connectivity index (χ2n) is 5.83. The molecule has 130 valence electrons. The molecule has 0 aliphatic carbocycles. The molecule has 0 aliphatic heterocycles. The fraction of sp³-hybridized carbons (Fsp3) is 0.375. The molecule has 1 heterocycles. The number of nitrogens with one attached hydrogen (secondary N) is 1. The predicted molar refractivity (Wildman–Crippen MR) is 89.6 cm³/mol. The Morgan fingerprint density at radius 1 is 1.21 bits per heavy atom. The summed E-state index contributed by atoms with van der Waals surface area (Å²) in [5, 5.41) is 18.7. The van der Waals surface area contributed by atoms with Crippen LogP contribution in [-0.2, 0) is 20.6 Å². The number of aryl methyl sites for hydroxylation is 1. The van der Waals surface area contributed by atoms with E-state index in [4.69, 9.17) is 10.2 Å². The lowest BCUT2D eigenvalue weighted by Crippen LogP contribution is -2.20. The molecule has 8 heteroatoms. The van der Waals surface area contributed by atoms with Crippen LogP contribution in [0.4, 0.5) is 0 Å². The smallest absolute Gasteiger partial charge is 0.307 e. The minimum atomic E-state index is -3.67. The van der Waals surface area contributed by atoms with Crippen LogP contribution in [0.3, 0.4) is 0 Å². The predicted octanol–water partition coefficient (Wildman–Crippen LogP) is 2.55. The fourth-order valence-electron chi connectivity index (χ4n) is 2.66.